The number of phenols is 1. The van der Waals surface area contributed by atoms with Crippen LogP contribution >= 0.6 is 15.9 Å². The number of phenolic OH excluding ortho intramolecular Hbond substituents is 1. The lowest BCUT2D eigenvalue weighted by molar-refractivity contribution is 0.0856. The minimum Gasteiger partial charge on any atom is -0.508 e. The van der Waals surface area contributed by atoms with Gasteiger partial charge in [-0.15, -0.1) is 0 Å². The first-order valence-electron chi connectivity index (χ1n) is 12.4. The second kappa shape index (κ2) is 11.3. The molecule has 0 saturated carbocycles. The molecule has 38 heavy (non-hydrogen) atoms. The first-order valence-corrected chi connectivity index (χ1v) is 13.2. The van der Waals surface area contributed by atoms with Crippen molar-refractivity contribution in [1.29, 1.82) is 0 Å². The second-order valence-electron chi connectivity index (χ2n) is 9.45. The Morgan fingerprint density at radius 1 is 1.18 bits per heavy atom. The largest absolute Gasteiger partial charge is 0.508 e. The Hall–Kier alpha value is -3.76. The SMILES string of the molecule is CN(Cc1c(Br)cnc2ncn(-c3cccc(O)c3)c(=O)c12)C[C@@H]1CCCN1C(=O)OCc1ccccc1. The molecule has 1 fully saturated rings. The monoisotopic (exact) mass is 577 g/mol. The highest BCUT2D eigenvalue weighted by Gasteiger charge is 2.31. The fraction of sp³-hybridized carbons (Fsp3) is 0.286. The van der Waals surface area contributed by atoms with Gasteiger partial charge in [-0.3, -0.25) is 14.3 Å². The van der Waals surface area contributed by atoms with E-state index in [0.717, 1.165) is 24.0 Å². The number of aromatic hydroxyl groups is 1. The van der Waals surface area contributed by atoms with Gasteiger partial charge < -0.3 is 14.7 Å². The molecule has 9 nitrogen and oxygen atoms in total. The highest BCUT2D eigenvalue weighted by Crippen LogP contribution is 2.25. The Balaban J connectivity index is 1.34. The van der Waals surface area contributed by atoms with Crippen molar-refractivity contribution in [3.8, 4) is 11.4 Å². The number of benzene rings is 2. The summed E-state index contributed by atoms with van der Waals surface area (Å²) in [5.74, 6) is 0.0604. The molecular weight excluding hydrogens is 550 g/mol. The number of carbonyl (C=O) groups is 1. The molecule has 2 aromatic carbocycles. The molecule has 4 aromatic rings. The van der Waals surface area contributed by atoms with Crippen LogP contribution < -0.4 is 5.56 Å². The molecule has 1 N–H and O–H groups in total. The molecule has 0 aliphatic carbocycles. The molecule has 1 saturated heterocycles. The molecule has 1 amide bonds. The number of aromatic nitrogens is 3. The van der Waals surface area contributed by atoms with Gasteiger partial charge in [-0.2, -0.15) is 0 Å². The number of fused-ring (bicyclic) bond motifs is 1. The van der Waals surface area contributed by atoms with Crippen molar-refractivity contribution in [2.24, 2.45) is 0 Å². The Kier molecular flexibility index (Phi) is 7.71. The Labute approximate surface area is 228 Å². The summed E-state index contributed by atoms with van der Waals surface area (Å²) in [5, 5.41) is 10.3. The third kappa shape index (κ3) is 5.56. The third-order valence-corrected chi connectivity index (χ3v) is 7.40. The van der Waals surface area contributed by atoms with Crippen LogP contribution in [0.5, 0.6) is 5.75 Å². The quantitative estimate of drug-likeness (QED) is 0.345. The van der Waals surface area contributed by atoms with Crippen LogP contribution in [0, 0.1) is 0 Å². The molecule has 0 radical (unpaired) electrons. The van der Waals surface area contributed by atoms with Crippen molar-refractivity contribution < 1.29 is 14.6 Å². The number of likely N-dealkylation sites (tertiary alicyclic amines) is 1. The number of amides is 1. The van der Waals surface area contributed by atoms with Gasteiger partial charge in [-0.1, -0.05) is 36.4 Å². The van der Waals surface area contributed by atoms with E-state index in [2.05, 4.69) is 30.8 Å². The highest BCUT2D eigenvalue weighted by atomic mass is 79.9. The van der Waals surface area contributed by atoms with Crippen LogP contribution in [0.15, 0.2) is 76.4 Å². The fourth-order valence-corrected chi connectivity index (χ4v) is 5.29. The average molecular weight is 578 g/mol. The van der Waals surface area contributed by atoms with Crippen LogP contribution in [0.25, 0.3) is 16.7 Å². The van der Waals surface area contributed by atoms with Gasteiger partial charge in [0.05, 0.1) is 11.1 Å². The van der Waals surface area contributed by atoms with E-state index in [9.17, 15) is 14.7 Å². The number of likely N-dealkylation sites (N-methyl/N-ethyl adjacent to an activating group) is 1. The molecule has 0 spiro atoms. The molecule has 2 aromatic heterocycles. The topological polar surface area (TPSA) is 101 Å². The zero-order valence-corrected chi connectivity index (χ0v) is 22.5. The average Bonchev–Trinajstić information content (AvgIpc) is 3.37. The maximum atomic E-state index is 13.6. The van der Waals surface area contributed by atoms with Gasteiger partial charge in [0.1, 0.15) is 18.7 Å². The van der Waals surface area contributed by atoms with Gasteiger partial charge in [-0.25, -0.2) is 14.8 Å². The van der Waals surface area contributed by atoms with Crippen LogP contribution in [-0.2, 0) is 17.9 Å². The number of nitrogens with zero attached hydrogens (tertiary/aromatic N) is 5. The zero-order valence-electron chi connectivity index (χ0n) is 21.0. The highest BCUT2D eigenvalue weighted by molar-refractivity contribution is 9.10. The first kappa shape index (κ1) is 25.9. The number of pyridine rings is 1. The second-order valence-corrected chi connectivity index (χ2v) is 10.3. The first-order chi connectivity index (χ1) is 18.4. The van der Waals surface area contributed by atoms with Crippen molar-refractivity contribution in [2.45, 2.75) is 32.0 Å². The normalized spacial score (nSPS) is 15.3. The molecule has 0 unspecified atom stereocenters. The fourth-order valence-electron chi connectivity index (χ4n) is 4.87. The van der Waals surface area contributed by atoms with E-state index in [1.165, 1.54) is 17.0 Å². The number of hydrogen-bond donors (Lipinski definition) is 1. The Bertz CT molecular complexity index is 1510. The molecule has 0 bridgehead atoms. The lowest BCUT2D eigenvalue weighted by Gasteiger charge is -2.28. The molecule has 1 aliphatic rings. The van der Waals surface area contributed by atoms with Gasteiger partial charge >= 0.3 is 6.09 Å². The standard InChI is InChI=1S/C28H28BrN5O4/c1-32(15-21-10-6-12-33(21)28(37)38-17-19-7-3-2-4-8-19)16-23-24(29)14-30-26-25(23)27(36)34(18-31-26)20-9-5-11-22(35)13-20/h2-5,7-9,11,13-14,18,21,35H,6,10,12,15-17H2,1H3/t21-/m0/s1. The molecule has 1 aliphatic heterocycles. The summed E-state index contributed by atoms with van der Waals surface area (Å²) in [6.45, 7) is 1.97. The molecule has 196 valence electrons. The smallest absolute Gasteiger partial charge is 0.410 e. The third-order valence-electron chi connectivity index (χ3n) is 6.72. The van der Waals surface area contributed by atoms with Crippen molar-refractivity contribution in [2.75, 3.05) is 20.1 Å². The molecule has 1 atom stereocenters. The van der Waals surface area contributed by atoms with Crippen LogP contribution in [0.1, 0.15) is 24.0 Å². The van der Waals surface area contributed by atoms with Gasteiger partial charge in [0.15, 0.2) is 5.65 Å². The van der Waals surface area contributed by atoms with Crippen molar-refractivity contribution in [1.82, 2.24) is 24.3 Å². The predicted octanol–water partition coefficient (Wildman–Crippen LogP) is 4.48. The minimum absolute atomic E-state index is 0.0113. The van der Waals surface area contributed by atoms with Gasteiger partial charge in [-0.05, 0) is 59.1 Å². The number of halogens is 1. The summed E-state index contributed by atoms with van der Waals surface area (Å²) in [6.07, 6.45) is 4.57. The number of ether oxygens (including phenoxy) is 1. The van der Waals surface area contributed by atoms with Crippen LogP contribution in [0.2, 0.25) is 0 Å². The summed E-state index contributed by atoms with van der Waals surface area (Å²) in [5.41, 5.74) is 2.31. The lowest BCUT2D eigenvalue weighted by atomic mass is 10.1. The van der Waals surface area contributed by atoms with E-state index < -0.39 is 0 Å². The Morgan fingerprint density at radius 2 is 2.00 bits per heavy atom. The lowest BCUT2D eigenvalue weighted by Crippen LogP contribution is -2.42. The number of hydrogen-bond acceptors (Lipinski definition) is 7. The summed E-state index contributed by atoms with van der Waals surface area (Å²) in [7, 11) is 1.97. The maximum absolute atomic E-state index is 13.6. The van der Waals surface area contributed by atoms with E-state index in [1.807, 2.05) is 37.4 Å². The summed E-state index contributed by atoms with van der Waals surface area (Å²) < 4.78 is 7.69. The Morgan fingerprint density at radius 3 is 2.79 bits per heavy atom. The van der Waals surface area contributed by atoms with Gasteiger partial charge in [0.25, 0.3) is 5.56 Å². The molecule has 10 heteroatoms. The van der Waals surface area contributed by atoms with Gasteiger partial charge in [0, 0.05) is 42.4 Å². The predicted molar refractivity (Wildman–Crippen MR) is 147 cm³/mol. The molecular formula is C28H28BrN5O4. The van der Waals surface area contributed by atoms with Crippen molar-refractivity contribution >= 4 is 33.1 Å². The maximum Gasteiger partial charge on any atom is 0.410 e. The van der Waals surface area contributed by atoms with Crippen LogP contribution in [0.3, 0.4) is 0 Å². The summed E-state index contributed by atoms with van der Waals surface area (Å²) in [4.78, 5) is 39.0. The van der Waals surface area contributed by atoms with E-state index in [0.29, 0.717) is 40.8 Å². The number of carbonyl (C=O) groups excluding carboxylic acids is 1. The van der Waals surface area contributed by atoms with Crippen LogP contribution in [0.4, 0.5) is 4.79 Å². The van der Waals surface area contributed by atoms with Gasteiger partial charge in [0.2, 0.25) is 0 Å². The summed E-state index contributed by atoms with van der Waals surface area (Å²) >= 11 is 3.57. The molecule has 5 rings (SSSR count). The zero-order chi connectivity index (χ0) is 26.6. The van der Waals surface area contributed by atoms with Crippen LogP contribution in [-0.4, -0.2) is 61.7 Å². The van der Waals surface area contributed by atoms with E-state index >= 15 is 0 Å². The summed E-state index contributed by atoms with van der Waals surface area (Å²) in [6, 6.07) is 16.1. The molecule has 3 heterocycles. The van der Waals surface area contributed by atoms with Crippen molar-refractivity contribution in [3.63, 3.8) is 0 Å². The van der Waals surface area contributed by atoms with E-state index in [1.54, 1.807) is 29.3 Å². The van der Waals surface area contributed by atoms with Crippen molar-refractivity contribution in [3.05, 3.63) is 93.1 Å². The van der Waals surface area contributed by atoms with E-state index in [4.69, 9.17) is 4.74 Å². The minimum atomic E-state index is -0.307. The van der Waals surface area contributed by atoms with E-state index in [-0.39, 0.29) is 30.1 Å². The number of rotatable bonds is 7.